The number of benzene rings is 1. The summed E-state index contributed by atoms with van der Waals surface area (Å²) in [6.45, 7) is 1.09. The van der Waals surface area contributed by atoms with Crippen molar-refractivity contribution < 1.29 is 23.5 Å². The maximum atomic E-state index is 13.5. The molecule has 1 saturated heterocycles. The van der Waals surface area contributed by atoms with E-state index in [0.29, 0.717) is 31.6 Å². The molecule has 0 atom stereocenters. The van der Waals surface area contributed by atoms with Crippen LogP contribution in [0, 0.1) is 5.82 Å². The molecule has 1 aromatic carbocycles. The highest BCUT2D eigenvalue weighted by Gasteiger charge is 2.41. The summed E-state index contributed by atoms with van der Waals surface area (Å²) in [4.78, 5) is 23.8. The first kappa shape index (κ1) is 16.4. The van der Waals surface area contributed by atoms with Gasteiger partial charge < -0.3 is 14.8 Å². The quantitative estimate of drug-likeness (QED) is 0.838. The van der Waals surface area contributed by atoms with Gasteiger partial charge in [-0.3, -0.25) is 9.59 Å². The van der Waals surface area contributed by atoms with Gasteiger partial charge in [0.2, 0.25) is 5.91 Å². The van der Waals surface area contributed by atoms with Gasteiger partial charge in [-0.05, 0) is 30.5 Å². The molecule has 1 aliphatic rings. The zero-order valence-electron chi connectivity index (χ0n) is 12.6. The van der Waals surface area contributed by atoms with Crippen molar-refractivity contribution in [2.24, 2.45) is 0 Å². The topological polar surface area (TPSA) is 64.6 Å². The van der Waals surface area contributed by atoms with Gasteiger partial charge in [0.05, 0.1) is 18.9 Å². The molecule has 0 bridgehead atoms. The van der Waals surface area contributed by atoms with Crippen molar-refractivity contribution in [3.8, 4) is 0 Å². The number of hydrogen-bond acceptors (Lipinski definition) is 4. The fourth-order valence-electron chi connectivity index (χ4n) is 2.70. The fourth-order valence-corrected chi connectivity index (χ4v) is 2.70. The minimum absolute atomic E-state index is 0.109. The summed E-state index contributed by atoms with van der Waals surface area (Å²) < 4.78 is 23.4. The van der Waals surface area contributed by atoms with Crippen LogP contribution in [-0.4, -0.2) is 38.7 Å². The third-order valence-electron chi connectivity index (χ3n) is 4.00. The van der Waals surface area contributed by atoms with Gasteiger partial charge in [-0.2, -0.15) is 0 Å². The number of amides is 1. The van der Waals surface area contributed by atoms with E-state index in [2.05, 4.69) is 10.1 Å². The molecular weight excluding hydrogens is 289 g/mol. The summed E-state index contributed by atoms with van der Waals surface area (Å²) in [7, 11) is 1.30. The molecule has 1 amide bonds. The number of carbonyl (C=O) groups excluding carboxylic acids is 2. The van der Waals surface area contributed by atoms with Crippen LogP contribution >= 0.6 is 0 Å². The first-order chi connectivity index (χ1) is 10.6. The Labute approximate surface area is 128 Å². The van der Waals surface area contributed by atoms with Crippen molar-refractivity contribution >= 4 is 11.9 Å². The standard InChI is InChI=1S/C16H20FNO4/c1-21-14(19)5-8-18-15(20)16(6-9-22-10-7-16)12-3-2-4-13(17)11-12/h2-4,11H,5-10H2,1H3,(H,18,20). The molecule has 22 heavy (non-hydrogen) atoms. The van der Waals surface area contributed by atoms with E-state index in [-0.39, 0.29) is 30.7 Å². The summed E-state index contributed by atoms with van der Waals surface area (Å²) in [5.41, 5.74) is -0.164. The lowest BCUT2D eigenvalue weighted by Crippen LogP contribution is -2.48. The number of halogens is 1. The second-order valence-corrected chi connectivity index (χ2v) is 5.29. The predicted octanol–water partition coefficient (Wildman–Crippen LogP) is 1.55. The molecule has 0 saturated carbocycles. The minimum Gasteiger partial charge on any atom is -0.469 e. The maximum absolute atomic E-state index is 13.5. The van der Waals surface area contributed by atoms with Crippen LogP contribution < -0.4 is 5.32 Å². The van der Waals surface area contributed by atoms with E-state index >= 15 is 0 Å². The molecule has 6 heteroatoms. The van der Waals surface area contributed by atoms with Crippen LogP contribution in [0.5, 0.6) is 0 Å². The van der Waals surface area contributed by atoms with E-state index in [0.717, 1.165) is 0 Å². The van der Waals surface area contributed by atoms with Crippen LogP contribution in [0.3, 0.4) is 0 Å². The van der Waals surface area contributed by atoms with Gasteiger partial charge in [0, 0.05) is 19.8 Å². The van der Waals surface area contributed by atoms with E-state index < -0.39 is 5.41 Å². The Kier molecular flexibility index (Phi) is 5.49. The van der Waals surface area contributed by atoms with Crippen LogP contribution in [-0.2, 0) is 24.5 Å². The Morgan fingerprint density at radius 3 is 2.73 bits per heavy atom. The van der Waals surface area contributed by atoms with Gasteiger partial charge in [-0.25, -0.2) is 4.39 Å². The first-order valence-corrected chi connectivity index (χ1v) is 7.27. The van der Waals surface area contributed by atoms with E-state index in [1.165, 1.54) is 19.2 Å². The summed E-state index contributed by atoms with van der Waals surface area (Å²) in [6.07, 6.45) is 1.08. The smallest absolute Gasteiger partial charge is 0.307 e. The van der Waals surface area contributed by atoms with Crippen molar-refractivity contribution in [3.63, 3.8) is 0 Å². The van der Waals surface area contributed by atoms with E-state index in [1.807, 2.05) is 0 Å². The SMILES string of the molecule is COC(=O)CCNC(=O)C1(c2cccc(F)c2)CCOCC1. The Morgan fingerprint density at radius 2 is 2.09 bits per heavy atom. The molecule has 0 spiro atoms. The summed E-state index contributed by atoms with van der Waals surface area (Å²) in [5, 5.41) is 2.76. The van der Waals surface area contributed by atoms with Crippen molar-refractivity contribution in [1.29, 1.82) is 0 Å². The highest BCUT2D eigenvalue weighted by atomic mass is 19.1. The van der Waals surface area contributed by atoms with Crippen molar-refractivity contribution in [2.45, 2.75) is 24.7 Å². The normalized spacial score (nSPS) is 16.8. The summed E-state index contributed by atoms with van der Waals surface area (Å²) in [6, 6.07) is 6.11. The lowest BCUT2D eigenvalue weighted by Gasteiger charge is -2.36. The molecule has 1 fully saturated rings. The number of esters is 1. The Bertz CT molecular complexity index is 541. The van der Waals surface area contributed by atoms with Crippen molar-refractivity contribution in [2.75, 3.05) is 26.9 Å². The van der Waals surface area contributed by atoms with Gasteiger partial charge in [-0.1, -0.05) is 12.1 Å². The monoisotopic (exact) mass is 309 g/mol. The largest absolute Gasteiger partial charge is 0.469 e. The molecule has 0 aliphatic carbocycles. The Balaban J connectivity index is 2.15. The molecule has 2 rings (SSSR count). The lowest BCUT2D eigenvalue weighted by atomic mass is 9.73. The second-order valence-electron chi connectivity index (χ2n) is 5.29. The van der Waals surface area contributed by atoms with Crippen molar-refractivity contribution in [1.82, 2.24) is 5.32 Å². The first-order valence-electron chi connectivity index (χ1n) is 7.27. The highest BCUT2D eigenvalue weighted by Crippen LogP contribution is 2.35. The third-order valence-corrected chi connectivity index (χ3v) is 4.00. The van der Waals surface area contributed by atoms with Gasteiger partial charge in [0.25, 0.3) is 0 Å². The molecule has 0 aromatic heterocycles. The van der Waals surface area contributed by atoms with Gasteiger partial charge >= 0.3 is 5.97 Å². The van der Waals surface area contributed by atoms with Crippen LogP contribution in [0.15, 0.2) is 24.3 Å². The average molecular weight is 309 g/mol. The van der Waals surface area contributed by atoms with E-state index in [1.54, 1.807) is 12.1 Å². The summed E-state index contributed by atoms with van der Waals surface area (Å²) in [5.74, 6) is -0.955. The molecule has 1 heterocycles. The number of nitrogens with one attached hydrogen (secondary N) is 1. The third kappa shape index (κ3) is 3.62. The summed E-state index contributed by atoms with van der Waals surface area (Å²) >= 11 is 0. The van der Waals surface area contributed by atoms with Gasteiger partial charge in [0.15, 0.2) is 0 Å². The van der Waals surface area contributed by atoms with Crippen LogP contribution in [0.4, 0.5) is 4.39 Å². The second kappa shape index (κ2) is 7.35. The molecule has 1 N–H and O–H groups in total. The molecule has 0 unspecified atom stereocenters. The van der Waals surface area contributed by atoms with Crippen LogP contribution in [0.2, 0.25) is 0 Å². The fraction of sp³-hybridized carbons (Fsp3) is 0.500. The van der Waals surface area contributed by atoms with Gasteiger partial charge in [-0.15, -0.1) is 0 Å². The number of methoxy groups -OCH3 is 1. The molecule has 0 radical (unpaired) electrons. The van der Waals surface area contributed by atoms with Crippen LogP contribution in [0.1, 0.15) is 24.8 Å². The van der Waals surface area contributed by atoms with Gasteiger partial charge in [0.1, 0.15) is 5.82 Å². The zero-order valence-corrected chi connectivity index (χ0v) is 12.6. The highest BCUT2D eigenvalue weighted by molar-refractivity contribution is 5.88. The minimum atomic E-state index is -0.809. The van der Waals surface area contributed by atoms with E-state index in [9.17, 15) is 14.0 Å². The van der Waals surface area contributed by atoms with Crippen molar-refractivity contribution in [3.05, 3.63) is 35.6 Å². The molecule has 120 valence electrons. The average Bonchev–Trinajstić information content (AvgIpc) is 2.55. The number of carbonyl (C=O) groups is 2. The molecule has 5 nitrogen and oxygen atoms in total. The van der Waals surface area contributed by atoms with Crippen LogP contribution in [0.25, 0.3) is 0 Å². The molecule has 1 aromatic rings. The maximum Gasteiger partial charge on any atom is 0.307 e. The number of rotatable bonds is 5. The molecule has 1 aliphatic heterocycles. The van der Waals surface area contributed by atoms with E-state index in [4.69, 9.17) is 4.74 Å². The number of hydrogen-bond donors (Lipinski definition) is 1. The molecular formula is C16H20FNO4. The number of ether oxygens (including phenoxy) is 2. The Hall–Kier alpha value is -1.95. The zero-order chi connectivity index (χ0) is 16.0. The Morgan fingerprint density at radius 1 is 1.36 bits per heavy atom. The predicted molar refractivity (Wildman–Crippen MR) is 77.8 cm³/mol. The lowest BCUT2D eigenvalue weighted by molar-refractivity contribution is -0.140.